The molecule has 0 saturated carbocycles. The first-order valence-electron chi connectivity index (χ1n) is 7.45. The number of halogens is 1. The van der Waals surface area contributed by atoms with E-state index in [0.717, 1.165) is 5.56 Å². The molecule has 2 heterocycles. The number of hydrogen-bond acceptors (Lipinski definition) is 6. The number of ether oxygens (including phenoxy) is 2. The maximum absolute atomic E-state index is 12.9. The summed E-state index contributed by atoms with van der Waals surface area (Å²) in [5.74, 6) is 0.829. The molecule has 0 bridgehead atoms. The highest BCUT2D eigenvalue weighted by molar-refractivity contribution is 6.03. The third kappa shape index (κ3) is 3.27. The second-order valence-electron chi connectivity index (χ2n) is 5.33. The zero-order valence-electron chi connectivity index (χ0n) is 12.9. The lowest BCUT2D eigenvalue weighted by Crippen LogP contribution is -2.12. The zero-order valence-corrected chi connectivity index (χ0v) is 12.9. The molecule has 0 fully saturated rings. The number of nitrogens with one attached hydrogen (secondary N) is 1. The maximum Gasteiger partial charge on any atom is 0.322 e. The Morgan fingerprint density at radius 1 is 1.08 bits per heavy atom. The summed E-state index contributed by atoms with van der Waals surface area (Å²) in [5, 5.41) is 10.2. The van der Waals surface area contributed by atoms with E-state index in [0.29, 0.717) is 23.8 Å². The van der Waals surface area contributed by atoms with Gasteiger partial charge in [-0.1, -0.05) is 11.2 Å². The van der Waals surface area contributed by atoms with Gasteiger partial charge in [0.2, 0.25) is 12.7 Å². The molecule has 1 N–H and O–H groups in total. The fourth-order valence-corrected chi connectivity index (χ4v) is 2.37. The molecule has 3 aromatic rings. The minimum atomic E-state index is -0.460. The number of aromatic nitrogens is 2. The van der Waals surface area contributed by atoms with Gasteiger partial charge in [0, 0.05) is 5.56 Å². The molecular formula is C17H12FN3O4. The lowest BCUT2D eigenvalue weighted by molar-refractivity contribution is 0.102. The van der Waals surface area contributed by atoms with Crippen LogP contribution in [-0.4, -0.2) is 22.9 Å². The van der Waals surface area contributed by atoms with E-state index in [2.05, 4.69) is 15.5 Å². The number of benzene rings is 2. The number of nitrogens with zero attached hydrogens (tertiary/aromatic N) is 2. The largest absolute Gasteiger partial charge is 0.454 e. The summed E-state index contributed by atoms with van der Waals surface area (Å²) < 4.78 is 28.9. The van der Waals surface area contributed by atoms with Crippen LogP contribution in [-0.2, 0) is 6.42 Å². The number of amides is 1. The molecule has 0 aliphatic carbocycles. The van der Waals surface area contributed by atoms with Crippen LogP contribution in [0.1, 0.15) is 21.8 Å². The number of rotatable bonds is 4. The van der Waals surface area contributed by atoms with Crippen molar-refractivity contribution in [2.45, 2.75) is 6.42 Å². The highest BCUT2D eigenvalue weighted by Crippen LogP contribution is 2.33. The van der Waals surface area contributed by atoms with Gasteiger partial charge < -0.3 is 13.9 Å². The first kappa shape index (κ1) is 15.1. The Balaban J connectivity index is 1.43. The number of hydrogen-bond donors (Lipinski definition) is 1. The smallest absolute Gasteiger partial charge is 0.322 e. The van der Waals surface area contributed by atoms with Crippen molar-refractivity contribution in [1.82, 2.24) is 10.2 Å². The molecule has 0 radical (unpaired) electrons. The Labute approximate surface area is 141 Å². The van der Waals surface area contributed by atoms with E-state index < -0.39 is 11.7 Å². The molecule has 0 unspecified atom stereocenters. The SMILES string of the molecule is O=C(Nc1nnc(Cc2ccc3c(c2)OCO3)o1)c1ccc(F)cc1. The summed E-state index contributed by atoms with van der Waals surface area (Å²) in [5.41, 5.74) is 1.20. The van der Waals surface area contributed by atoms with Gasteiger partial charge in [0.1, 0.15) is 5.82 Å². The van der Waals surface area contributed by atoms with Crippen molar-refractivity contribution in [3.8, 4) is 11.5 Å². The third-order valence-electron chi connectivity index (χ3n) is 3.59. The molecule has 7 nitrogen and oxygen atoms in total. The lowest BCUT2D eigenvalue weighted by atomic mass is 10.1. The Kier molecular flexibility index (Phi) is 3.77. The van der Waals surface area contributed by atoms with Crippen LogP contribution in [0.5, 0.6) is 11.5 Å². The number of carbonyl (C=O) groups excluding carboxylic acids is 1. The molecule has 0 atom stereocenters. The number of anilines is 1. The van der Waals surface area contributed by atoms with Crippen molar-refractivity contribution in [2.75, 3.05) is 12.1 Å². The first-order valence-corrected chi connectivity index (χ1v) is 7.45. The van der Waals surface area contributed by atoms with Gasteiger partial charge in [-0.15, -0.1) is 5.10 Å². The van der Waals surface area contributed by atoms with Crippen LogP contribution >= 0.6 is 0 Å². The second kappa shape index (κ2) is 6.23. The van der Waals surface area contributed by atoms with E-state index in [9.17, 15) is 9.18 Å². The molecule has 1 aromatic heterocycles. The van der Waals surface area contributed by atoms with E-state index in [1.807, 2.05) is 18.2 Å². The van der Waals surface area contributed by atoms with Gasteiger partial charge in [-0.25, -0.2) is 4.39 Å². The van der Waals surface area contributed by atoms with Crippen LogP contribution in [0.25, 0.3) is 0 Å². The Hall–Kier alpha value is -3.42. The minimum absolute atomic E-state index is 0.0231. The van der Waals surface area contributed by atoms with Crippen molar-refractivity contribution in [1.29, 1.82) is 0 Å². The van der Waals surface area contributed by atoms with Crippen LogP contribution in [0.3, 0.4) is 0 Å². The Bertz CT molecular complexity index is 924. The summed E-state index contributed by atoms with van der Waals surface area (Å²) in [7, 11) is 0. The predicted molar refractivity (Wildman–Crippen MR) is 84.0 cm³/mol. The standard InChI is InChI=1S/C17H12FN3O4/c18-12-4-2-11(3-5-12)16(22)19-17-21-20-15(25-17)8-10-1-6-13-14(7-10)24-9-23-13/h1-7H,8-9H2,(H,19,21,22). The van der Waals surface area contributed by atoms with Crippen molar-refractivity contribution in [2.24, 2.45) is 0 Å². The summed E-state index contributed by atoms with van der Waals surface area (Å²) in [6, 6.07) is 10.6. The normalized spacial score (nSPS) is 12.2. The fraction of sp³-hybridized carbons (Fsp3) is 0.118. The minimum Gasteiger partial charge on any atom is -0.454 e. The molecule has 126 valence electrons. The molecule has 1 aliphatic heterocycles. The summed E-state index contributed by atoms with van der Waals surface area (Å²) in [6.45, 7) is 0.207. The fourth-order valence-electron chi connectivity index (χ4n) is 2.37. The van der Waals surface area contributed by atoms with Gasteiger partial charge in [-0.3, -0.25) is 10.1 Å². The van der Waals surface area contributed by atoms with Gasteiger partial charge >= 0.3 is 6.01 Å². The molecule has 1 aliphatic rings. The van der Waals surface area contributed by atoms with Crippen molar-refractivity contribution in [3.63, 3.8) is 0 Å². The molecule has 8 heteroatoms. The van der Waals surface area contributed by atoms with Gasteiger partial charge in [0.15, 0.2) is 11.5 Å². The molecule has 0 saturated heterocycles. The predicted octanol–water partition coefficient (Wildman–Crippen LogP) is 2.78. The van der Waals surface area contributed by atoms with Gasteiger partial charge in [-0.05, 0) is 42.0 Å². The summed E-state index contributed by atoms with van der Waals surface area (Å²) in [4.78, 5) is 12.0. The molecule has 4 rings (SSSR count). The van der Waals surface area contributed by atoms with Crippen molar-refractivity contribution < 1.29 is 23.1 Å². The van der Waals surface area contributed by atoms with Crippen LogP contribution in [0.4, 0.5) is 10.4 Å². The number of fused-ring (bicyclic) bond motifs is 1. The van der Waals surface area contributed by atoms with Gasteiger partial charge in [0.05, 0.1) is 6.42 Å². The highest BCUT2D eigenvalue weighted by atomic mass is 19.1. The van der Waals surface area contributed by atoms with Crippen LogP contribution in [0.2, 0.25) is 0 Å². The Morgan fingerprint density at radius 3 is 2.72 bits per heavy atom. The second-order valence-corrected chi connectivity index (χ2v) is 5.33. The topological polar surface area (TPSA) is 86.5 Å². The third-order valence-corrected chi connectivity index (χ3v) is 3.59. The van der Waals surface area contributed by atoms with E-state index in [-0.39, 0.29) is 18.4 Å². The van der Waals surface area contributed by atoms with Crippen molar-refractivity contribution in [3.05, 3.63) is 65.3 Å². The average Bonchev–Trinajstić information content (AvgIpc) is 3.24. The van der Waals surface area contributed by atoms with E-state index in [1.165, 1.54) is 24.3 Å². The van der Waals surface area contributed by atoms with Gasteiger partial charge in [-0.2, -0.15) is 0 Å². The van der Waals surface area contributed by atoms with Crippen molar-refractivity contribution >= 4 is 11.9 Å². The number of carbonyl (C=O) groups is 1. The summed E-state index contributed by atoms with van der Waals surface area (Å²) in [6.07, 6.45) is 0.385. The van der Waals surface area contributed by atoms with Gasteiger partial charge in [0.25, 0.3) is 5.91 Å². The van der Waals surface area contributed by atoms with E-state index >= 15 is 0 Å². The highest BCUT2D eigenvalue weighted by Gasteiger charge is 2.16. The van der Waals surface area contributed by atoms with Crippen LogP contribution in [0.15, 0.2) is 46.9 Å². The molecule has 0 spiro atoms. The lowest BCUT2D eigenvalue weighted by Gasteiger charge is -2.01. The molecular weight excluding hydrogens is 329 g/mol. The maximum atomic E-state index is 12.9. The average molecular weight is 341 g/mol. The quantitative estimate of drug-likeness (QED) is 0.785. The van der Waals surface area contributed by atoms with E-state index in [1.54, 1.807) is 0 Å². The molecule has 2 aromatic carbocycles. The van der Waals surface area contributed by atoms with E-state index in [4.69, 9.17) is 13.9 Å². The molecule has 1 amide bonds. The zero-order chi connectivity index (χ0) is 17.2. The van der Waals surface area contributed by atoms with Crippen LogP contribution < -0.4 is 14.8 Å². The Morgan fingerprint density at radius 2 is 1.88 bits per heavy atom. The molecule has 25 heavy (non-hydrogen) atoms. The first-order chi connectivity index (χ1) is 12.2. The monoisotopic (exact) mass is 341 g/mol. The van der Waals surface area contributed by atoms with Crippen LogP contribution in [0, 0.1) is 5.82 Å². The summed E-state index contributed by atoms with van der Waals surface area (Å²) >= 11 is 0.